The van der Waals surface area contributed by atoms with Crippen molar-refractivity contribution in [3.05, 3.63) is 93.5 Å². The molecule has 0 bridgehead atoms. The maximum Gasteiger partial charge on any atom is 0.266 e. The molecule has 0 saturated carbocycles. The Morgan fingerprint density at radius 3 is 2.07 bits per heavy atom. The Morgan fingerprint density at radius 2 is 1.50 bits per heavy atom. The molecule has 28 heavy (non-hydrogen) atoms. The largest absolute Gasteiger partial charge is 0.322 e. The summed E-state index contributed by atoms with van der Waals surface area (Å²) < 4.78 is 0.938. The second kappa shape index (κ2) is 7.05. The van der Waals surface area contributed by atoms with Gasteiger partial charge in [-0.3, -0.25) is 14.4 Å². The van der Waals surface area contributed by atoms with Gasteiger partial charge in [-0.15, -0.1) is 0 Å². The summed E-state index contributed by atoms with van der Waals surface area (Å²) >= 11 is 3.40. The number of benzene rings is 3. The van der Waals surface area contributed by atoms with Crippen LogP contribution in [0.2, 0.25) is 0 Å². The Balaban J connectivity index is 1.55. The molecule has 0 aromatic heterocycles. The van der Waals surface area contributed by atoms with Crippen LogP contribution in [-0.4, -0.2) is 17.7 Å². The van der Waals surface area contributed by atoms with E-state index in [0.29, 0.717) is 22.4 Å². The predicted octanol–water partition coefficient (Wildman–Crippen LogP) is 4.81. The minimum absolute atomic E-state index is 0.265. The summed E-state index contributed by atoms with van der Waals surface area (Å²) in [5.41, 5.74) is 3.30. The lowest BCUT2D eigenvalue weighted by atomic mass is 10.1. The molecule has 0 atom stereocenters. The van der Waals surface area contributed by atoms with Gasteiger partial charge in [0.15, 0.2) is 0 Å². The number of amides is 3. The van der Waals surface area contributed by atoms with Crippen molar-refractivity contribution in [3.63, 3.8) is 0 Å². The highest BCUT2D eigenvalue weighted by Crippen LogP contribution is 2.28. The third-order valence-corrected chi connectivity index (χ3v) is 5.11. The molecule has 1 N–H and O–H groups in total. The minimum atomic E-state index is -0.358. The van der Waals surface area contributed by atoms with E-state index in [1.807, 2.05) is 25.1 Å². The number of hydrogen-bond acceptors (Lipinski definition) is 3. The average molecular weight is 435 g/mol. The molecule has 138 valence electrons. The number of hydrogen-bond donors (Lipinski definition) is 1. The van der Waals surface area contributed by atoms with Crippen molar-refractivity contribution in [1.29, 1.82) is 0 Å². The molecule has 1 aliphatic rings. The van der Waals surface area contributed by atoms with E-state index in [4.69, 9.17) is 0 Å². The van der Waals surface area contributed by atoms with Gasteiger partial charge in [0, 0.05) is 15.7 Å². The summed E-state index contributed by atoms with van der Waals surface area (Å²) in [5, 5.41) is 2.87. The Kier molecular flexibility index (Phi) is 4.57. The molecule has 0 saturated heterocycles. The van der Waals surface area contributed by atoms with Gasteiger partial charge in [0.25, 0.3) is 17.7 Å². The molecule has 3 amide bonds. The van der Waals surface area contributed by atoms with Crippen molar-refractivity contribution >= 4 is 45.0 Å². The molecule has 3 aromatic carbocycles. The zero-order chi connectivity index (χ0) is 19.8. The van der Waals surface area contributed by atoms with Crippen molar-refractivity contribution < 1.29 is 14.4 Å². The smallest absolute Gasteiger partial charge is 0.266 e. The minimum Gasteiger partial charge on any atom is -0.322 e. The van der Waals surface area contributed by atoms with E-state index < -0.39 is 0 Å². The van der Waals surface area contributed by atoms with E-state index in [1.54, 1.807) is 48.5 Å². The van der Waals surface area contributed by atoms with Crippen LogP contribution in [0.1, 0.15) is 36.6 Å². The molecule has 0 radical (unpaired) electrons. The number of aryl methyl sites for hydroxylation is 1. The number of nitrogens with zero attached hydrogens (tertiary/aromatic N) is 1. The normalized spacial score (nSPS) is 12.9. The first kappa shape index (κ1) is 18.1. The number of imide groups is 1. The van der Waals surface area contributed by atoms with Crippen LogP contribution in [0.25, 0.3) is 0 Å². The molecule has 0 fully saturated rings. The molecule has 1 heterocycles. The number of rotatable bonds is 3. The Hall–Kier alpha value is -3.25. The van der Waals surface area contributed by atoms with Crippen LogP contribution in [0, 0.1) is 6.92 Å². The van der Waals surface area contributed by atoms with Crippen LogP contribution in [0.15, 0.2) is 71.2 Å². The van der Waals surface area contributed by atoms with E-state index in [9.17, 15) is 14.4 Å². The lowest BCUT2D eigenvalue weighted by molar-refractivity contribution is 0.0925. The summed E-state index contributed by atoms with van der Waals surface area (Å²) in [7, 11) is 0. The van der Waals surface area contributed by atoms with Gasteiger partial charge in [-0.25, -0.2) is 4.90 Å². The fourth-order valence-corrected chi connectivity index (χ4v) is 3.62. The molecule has 0 unspecified atom stereocenters. The van der Waals surface area contributed by atoms with Crippen LogP contribution in [-0.2, 0) is 0 Å². The zero-order valence-electron chi connectivity index (χ0n) is 14.9. The van der Waals surface area contributed by atoms with Gasteiger partial charge < -0.3 is 5.32 Å². The van der Waals surface area contributed by atoms with Crippen LogP contribution in [0.3, 0.4) is 0 Å². The van der Waals surface area contributed by atoms with Crippen molar-refractivity contribution in [3.8, 4) is 0 Å². The highest BCUT2D eigenvalue weighted by Gasteiger charge is 2.36. The molecule has 0 aliphatic carbocycles. The van der Waals surface area contributed by atoms with Crippen molar-refractivity contribution in [1.82, 2.24) is 0 Å². The molecule has 4 rings (SSSR count). The van der Waals surface area contributed by atoms with Crippen molar-refractivity contribution in [2.24, 2.45) is 0 Å². The average Bonchev–Trinajstić information content (AvgIpc) is 2.95. The molecule has 6 heteroatoms. The van der Waals surface area contributed by atoms with Crippen LogP contribution >= 0.6 is 15.9 Å². The van der Waals surface area contributed by atoms with Gasteiger partial charge in [-0.05, 0) is 67.1 Å². The van der Waals surface area contributed by atoms with E-state index in [1.165, 1.54) is 0 Å². The van der Waals surface area contributed by atoms with Crippen LogP contribution < -0.4 is 10.2 Å². The molecular weight excluding hydrogens is 420 g/mol. The van der Waals surface area contributed by atoms with Gasteiger partial charge in [0.2, 0.25) is 0 Å². The van der Waals surface area contributed by atoms with Crippen molar-refractivity contribution in [2.45, 2.75) is 6.92 Å². The topological polar surface area (TPSA) is 66.5 Å². The molecule has 3 aromatic rings. The summed E-state index contributed by atoms with van der Waals surface area (Å²) in [5.74, 6) is -0.981. The third kappa shape index (κ3) is 3.12. The summed E-state index contributed by atoms with van der Waals surface area (Å²) in [6.07, 6.45) is 0. The van der Waals surface area contributed by atoms with Gasteiger partial charge in [0.05, 0.1) is 16.8 Å². The van der Waals surface area contributed by atoms with E-state index in [-0.39, 0.29) is 17.7 Å². The Bertz CT molecular complexity index is 1090. The molecule has 0 spiro atoms. The number of fused-ring (bicyclic) bond motifs is 1. The summed E-state index contributed by atoms with van der Waals surface area (Å²) in [4.78, 5) is 38.8. The highest BCUT2D eigenvalue weighted by molar-refractivity contribution is 9.10. The summed E-state index contributed by atoms with van der Waals surface area (Å²) in [6.45, 7) is 1.91. The SMILES string of the molecule is Cc1cc(Br)ccc1NC(=O)c1ccc(N2C(=O)c3ccccc3C2=O)cc1. The first-order valence-electron chi connectivity index (χ1n) is 8.61. The van der Waals surface area contributed by atoms with Gasteiger partial charge in [0.1, 0.15) is 0 Å². The Labute approximate surface area is 170 Å². The first-order valence-corrected chi connectivity index (χ1v) is 9.40. The van der Waals surface area contributed by atoms with E-state index in [0.717, 1.165) is 20.6 Å². The van der Waals surface area contributed by atoms with Gasteiger partial charge in [-0.1, -0.05) is 28.1 Å². The molecular formula is C22H15BrN2O3. The quantitative estimate of drug-likeness (QED) is 0.601. The van der Waals surface area contributed by atoms with Crippen LogP contribution in [0.5, 0.6) is 0 Å². The Morgan fingerprint density at radius 1 is 0.893 bits per heavy atom. The zero-order valence-corrected chi connectivity index (χ0v) is 16.5. The number of anilines is 2. The van der Waals surface area contributed by atoms with Crippen molar-refractivity contribution in [2.75, 3.05) is 10.2 Å². The first-order chi connectivity index (χ1) is 13.5. The van der Waals surface area contributed by atoms with Gasteiger partial charge in [-0.2, -0.15) is 0 Å². The fraction of sp³-hybridized carbons (Fsp3) is 0.0455. The molecule has 5 nitrogen and oxygen atoms in total. The standard InChI is InChI=1S/C22H15BrN2O3/c1-13-12-15(23)8-11-19(13)24-20(26)14-6-9-16(10-7-14)25-21(27)17-4-2-3-5-18(17)22(25)28/h2-12H,1H3,(H,24,26). The number of nitrogens with one attached hydrogen (secondary N) is 1. The number of halogens is 1. The van der Waals surface area contributed by atoms with Gasteiger partial charge >= 0.3 is 0 Å². The fourth-order valence-electron chi connectivity index (χ4n) is 3.15. The molecule has 1 aliphatic heterocycles. The predicted molar refractivity (Wildman–Crippen MR) is 111 cm³/mol. The maximum atomic E-state index is 12.6. The number of carbonyl (C=O) groups excluding carboxylic acids is 3. The van der Waals surface area contributed by atoms with E-state index in [2.05, 4.69) is 21.2 Å². The highest BCUT2D eigenvalue weighted by atomic mass is 79.9. The third-order valence-electron chi connectivity index (χ3n) is 4.62. The lowest BCUT2D eigenvalue weighted by Crippen LogP contribution is -2.29. The maximum absolute atomic E-state index is 12.6. The van der Waals surface area contributed by atoms with Crippen LogP contribution in [0.4, 0.5) is 11.4 Å². The summed E-state index contributed by atoms with van der Waals surface area (Å²) in [6, 6.07) is 18.7. The monoisotopic (exact) mass is 434 g/mol. The number of carbonyl (C=O) groups is 3. The second-order valence-corrected chi connectivity index (χ2v) is 7.37. The van der Waals surface area contributed by atoms with E-state index >= 15 is 0 Å². The lowest BCUT2D eigenvalue weighted by Gasteiger charge is -2.14. The second-order valence-electron chi connectivity index (χ2n) is 6.45.